The largest absolute Gasteiger partial charge is 0.497 e. The van der Waals surface area contributed by atoms with E-state index in [4.69, 9.17) is 9.47 Å². The van der Waals surface area contributed by atoms with Crippen LogP contribution in [0.25, 0.3) is 22.3 Å². The molecule has 4 rings (SSSR count). The molecule has 0 radical (unpaired) electrons. The van der Waals surface area contributed by atoms with Crippen LogP contribution in [-0.2, 0) is 6.54 Å². The predicted molar refractivity (Wildman–Crippen MR) is 117 cm³/mol. The Morgan fingerprint density at radius 2 is 1.88 bits per heavy atom. The summed E-state index contributed by atoms with van der Waals surface area (Å²) in [5.41, 5.74) is -0.707. The predicted octanol–water partition coefficient (Wildman–Crippen LogP) is 4.11. The maximum atomic E-state index is 14.9. The van der Waals surface area contributed by atoms with Gasteiger partial charge in [0, 0.05) is 23.4 Å². The fourth-order valence-electron chi connectivity index (χ4n) is 3.56. The Balaban J connectivity index is 1.98. The molecule has 0 fully saturated rings. The topological polar surface area (TPSA) is 90.7 Å². The highest BCUT2D eigenvalue weighted by atomic mass is 19.1. The molecule has 1 N–H and O–H groups in total. The van der Waals surface area contributed by atoms with Gasteiger partial charge in [-0.15, -0.1) is 0 Å². The molecule has 0 aliphatic rings. The molecule has 4 aromatic rings. The van der Waals surface area contributed by atoms with Crippen LogP contribution in [0.15, 0.2) is 59.5 Å². The quantitative estimate of drug-likeness (QED) is 0.474. The Kier molecular flexibility index (Phi) is 5.78. The Labute approximate surface area is 186 Å². The van der Waals surface area contributed by atoms with E-state index in [0.717, 1.165) is 18.3 Å². The number of hydrogen-bond donors (Lipinski definition) is 1. The first-order chi connectivity index (χ1) is 15.8. The van der Waals surface area contributed by atoms with Crippen molar-refractivity contribution in [2.75, 3.05) is 14.2 Å². The fraction of sp³-hybridized carbons (Fsp3) is 0.125. The first-order valence-electron chi connectivity index (χ1n) is 9.76. The molecule has 0 saturated heterocycles. The van der Waals surface area contributed by atoms with Crippen LogP contribution >= 0.6 is 0 Å². The summed E-state index contributed by atoms with van der Waals surface area (Å²) in [4.78, 5) is 28.7. The number of pyridine rings is 2. The molecule has 0 bridgehead atoms. The molecule has 0 atom stereocenters. The van der Waals surface area contributed by atoms with Gasteiger partial charge in [-0.1, -0.05) is 12.1 Å². The molecule has 0 amide bonds. The molecule has 9 heteroatoms. The molecule has 0 unspecified atom stereocenters. The van der Waals surface area contributed by atoms with Gasteiger partial charge in [0.1, 0.15) is 40.0 Å². The number of benzene rings is 2. The summed E-state index contributed by atoms with van der Waals surface area (Å²) in [6.45, 7) is 0.0610. The summed E-state index contributed by atoms with van der Waals surface area (Å²) in [6.07, 6.45) is 1.15. The molecule has 0 saturated carbocycles. The summed E-state index contributed by atoms with van der Waals surface area (Å²) < 4.78 is 40.6. The van der Waals surface area contributed by atoms with Gasteiger partial charge in [0.2, 0.25) is 5.43 Å². The minimum absolute atomic E-state index is 0.0449. The highest BCUT2D eigenvalue weighted by Crippen LogP contribution is 2.28. The first-order valence-corrected chi connectivity index (χ1v) is 9.76. The van der Waals surface area contributed by atoms with Crippen LogP contribution in [0, 0.1) is 11.6 Å². The second-order valence-corrected chi connectivity index (χ2v) is 7.18. The molecular weight excluding hydrogens is 434 g/mol. The zero-order valence-electron chi connectivity index (χ0n) is 17.6. The molecule has 0 spiro atoms. The van der Waals surface area contributed by atoms with E-state index in [1.165, 1.54) is 37.0 Å². The summed E-state index contributed by atoms with van der Waals surface area (Å²) in [7, 11) is 2.98. The van der Waals surface area contributed by atoms with E-state index in [1.807, 2.05) is 0 Å². The molecular formula is C24H18F2N2O5. The Morgan fingerprint density at radius 1 is 1.09 bits per heavy atom. The van der Waals surface area contributed by atoms with E-state index in [0.29, 0.717) is 17.1 Å². The van der Waals surface area contributed by atoms with Gasteiger partial charge in [-0.2, -0.15) is 0 Å². The van der Waals surface area contributed by atoms with Crippen molar-refractivity contribution >= 4 is 17.0 Å². The molecule has 2 aromatic carbocycles. The van der Waals surface area contributed by atoms with Crippen molar-refractivity contribution < 1.29 is 28.2 Å². The van der Waals surface area contributed by atoms with E-state index in [9.17, 15) is 23.5 Å². The van der Waals surface area contributed by atoms with E-state index in [2.05, 4.69) is 4.98 Å². The zero-order chi connectivity index (χ0) is 23.7. The van der Waals surface area contributed by atoms with E-state index < -0.39 is 28.6 Å². The molecule has 33 heavy (non-hydrogen) atoms. The number of ether oxygens (including phenoxy) is 2. The lowest BCUT2D eigenvalue weighted by atomic mass is 10.1. The number of nitrogens with zero attached hydrogens (tertiary/aromatic N) is 2. The van der Waals surface area contributed by atoms with Gasteiger partial charge in [0.15, 0.2) is 0 Å². The number of carbonyl (C=O) groups is 1. The molecule has 0 aliphatic heterocycles. The van der Waals surface area contributed by atoms with Crippen LogP contribution in [0.5, 0.6) is 11.5 Å². The van der Waals surface area contributed by atoms with Crippen molar-refractivity contribution in [2.45, 2.75) is 6.54 Å². The molecule has 7 nitrogen and oxygen atoms in total. The Bertz CT molecular complexity index is 1450. The van der Waals surface area contributed by atoms with Crippen molar-refractivity contribution in [2.24, 2.45) is 0 Å². The minimum atomic E-state index is -1.45. The van der Waals surface area contributed by atoms with Gasteiger partial charge in [0.05, 0.1) is 26.2 Å². The van der Waals surface area contributed by atoms with Crippen molar-refractivity contribution in [3.8, 4) is 22.8 Å². The minimum Gasteiger partial charge on any atom is -0.497 e. The van der Waals surface area contributed by atoms with Gasteiger partial charge in [-0.05, 0) is 30.3 Å². The van der Waals surface area contributed by atoms with Crippen molar-refractivity contribution in [3.63, 3.8) is 0 Å². The van der Waals surface area contributed by atoms with E-state index >= 15 is 0 Å². The average Bonchev–Trinajstić information content (AvgIpc) is 2.80. The maximum absolute atomic E-state index is 14.9. The number of rotatable bonds is 6. The molecule has 2 aromatic heterocycles. The van der Waals surface area contributed by atoms with Crippen molar-refractivity contribution in [1.29, 1.82) is 0 Å². The summed E-state index contributed by atoms with van der Waals surface area (Å²) in [5.74, 6) is -1.88. The van der Waals surface area contributed by atoms with Crippen LogP contribution in [0.1, 0.15) is 15.9 Å². The van der Waals surface area contributed by atoms with Crippen LogP contribution in [0.3, 0.4) is 0 Å². The second kappa shape index (κ2) is 8.70. The highest BCUT2D eigenvalue weighted by molar-refractivity contribution is 5.92. The number of aromatic nitrogens is 2. The number of methoxy groups -OCH3 is 2. The third-order valence-corrected chi connectivity index (χ3v) is 5.17. The molecule has 2 heterocycles. The van der Waals surface area contributed by atoms with Gasteiger partial charge in [0.25, 0.3) is 0 Å². The summed E-state index contributed by atoms with van der Waals surface area (Å²) >= 11 is 0. The number of halogens is 2. The third kappa shape index (κ3) is 4.12. The van der Waals surface area contributed by atoms with Gasteiger partial charge in [-0.3, -0.25) is 4.79 Å². The SMILES string of the molecule is COc1ccc(Cn2cc(C(=O)O)c(=O)c3cc(F)c(-c4cccc(F)c4)nc32)c(OC)c1. The normalized spacial score (nSPS) is 10.9. The fourth-order valence-corrected chi connectivity index (χ4v) is 3.56. The van der Waals surface area contributed by atoms with Crippen LogP contribution < -0.4 is 14.9 Å². The average molecular weight is 452 g/mol. The zero-order valence-corrected chi connectivity index (χ0v) is 17.6. The van der Waals surface area contributed by atoms with E-state index in [1.54, 1.807) is 18.2 Å². The lowest BCUT2D eigenvalue weighted by molar-refractivity contribution is 0.0695. The van der Waals surface area contributed by atoms with Gasteiger partial charge in [-0.25, -0.2) is 18.6 Å². The molecule has 168 valence electrons. The van der Waals surface area contributed by atoms with Crippen molar-refractivity contribution in [1.82, 2.24) is 9.55 Å². The number of carboxylic acid groups (broad SMARTS) is 1. The Hall–Kier alpha value is -4.27. The van der Waals surface area contributed by atoms with Crippen LogP contribution in [0.4, 0.5) is 8.78 Å². The van der Waals surface area contributed by atoms with Crippen LogP contribution in [-0.4, -0.2) is 34.8 Å². The monoisotopic (exact) mass is 452 g/mol. The number of hydrogen-bond acceptors (Lipinski definition) is 5. The summed E-state index contributed by atoms with van der Waals surface area (Å²) in [6, 6.07) is 11.2. The number of aromatic carboxylic acids is 1. The van der Waals surface area contributed by atoms with Gasteiger partial charge < -0.3 is 19.1 Å². The third-order valence-electron chi connectivity index (χ3n) is 5.17. The maximum Gasteiger partial charge on any atom is 0.341 e. The number of fused-ring (bicyclic) bond motifs is 1. The number of carboxylic acids is 1. The highest BCUT2D eigenvalue weighted by Gasteiger charge is 2.20. The van der Waals surface area contributed by atoms with Crippen molar-refractivity contribution in [3.05, 3.63) is 87.7 Å². The van der Waals surface area contributed by atoms with E-state index in [-0.39, 0.29) is 28.8 Å². The molecule has 0 aliphatic carbocycles. The summed E-state index contributed by atoms with van der Waals surface area (Å²) in [5, 5.41) is 9.30. The van der Waals surface area contributed by atoms with Crippen LogP contribution in [0.2, 0.25) is 0 Å². The lowest BCUT2D eigenvalue weighted by Crippen LogP contribution is -2.20. The second-order valence-electron chi connectivity index (χ2n) is 7.18. The van der Waals surface area contributed by atoms with Gasteiger partial charge >= 0.3 is 5.97 Å². The lowest BCUT2D eigenvalue weighted by Gasteiger charge is -2.16. The Morgan fingerprint density at radius 3 is 2.55 bits per heavy atom. The smallest absolute Gasteiger partial charge is 0.341 e. The first kappa shape index (κ1) is 21.9. The standard InChI is InChI=1S/C24H18F2N2O5/c1-32-16-7-6-14(20(9-16)33-2)11-28-12-18(24(30)31)22(29)17-10-19(26)21(27-23(17)28)13-4-3-5-15(25)8-13/h3-10,12H,11H2,1-2H3,(H,30,31).